The number of fused-ring (bicyclic) bond motifs is 1. The summed E-state index contributed by atoms with van der Waals surface area (Å²) in [5.41, 5.74) is 3.37. The first kappa shape index (κ1) is 19.8. The van der Waals surface area contributed by atoms with Gasteiger partial charge in [-0.1, -0.05) is 36.4 Å². The minimum absolute atomic E-state index is 0.139. The maximum atomic E-state index is 13.0. The number of hydrogen-bond acceptors (Lipinski definition) is 3. The topological polar surface area (TPSA) is 86.0 Å². The Morgan fingerprint density at radius 1 is 0.871 bits per heavy atom. The summed E-state index contributed by atoms with van der Waals surface area (Å²) in [6, 6.07) is 20.3. The Balaban J connectivity index is 1.50. The Morgan fingerprint density at radius 2 is 1.58 bits per heavy atom. The van der Waals surface area contributed by atoms with Crippen molar-refractivity contribution in [3.63, 3.8) is 0 Å². The summed E-state index contributed by atoms with van der Waals surface area (Å²) in [5, 5.41) is 1.09. The largest absolute Gasteiger partial charge is 0.354 e. The minimum atomic E-state index is -3.50. The number of nitrogens with zero attached hydrogens (tertiary/aromatic N) is 1. The number of nitrogens with one attached hydrogen (secondary N) is 2. The molecule has 0 atom stereocenters. The van der Waals surface area contributed by atoms with Gasteiger partial charge < -0.3 is 9.97 Å². The molecule has 1 fully saturated rings. The van der Waals surface area contributed by atoms with Gasteiger partial charge in [-0.3, -0.25) is 4.79 Å². The highest BCUT2D eigenvalue weighted by Crippen LogP contribution is 2.40. The lowest BCUT2D eigenvalue weighted by Crippen LogP contribution is -2.37. The predicted molar refractivity (Wildman–Crippen MR) is 122 cm³/mol. The van der Waals surface area contributed by atoms with Crippen molar-refractivity contribution in [2.24, 2.45) is 0 Å². The number of benzene rings is 2. The van der Waals surface area contributed by atoms with E-state index in [-0.39, 0.29) is 11.5 Å². The lowest BCUT2D eigenvalue weighted by molar-refractivity contribution is 0.320. The molecule has 1 aliphatic rings. The van der Waals surface area contributed by atoms with Gasteiger partial charge in [0, 0.05) is 30.2 Å². The number of aromatic amines is 2. The standard InChI is InChI=1S/C24H23N3O3S/c28-24-20(10-6-14-25-24)23-22(19-9-4-5-11-21(19)26-23)17-12-15-27(16-13-17)31(29,30)18-7-2-1-3-8-18/h1-11,14,17,26H,12-13,15-16H2,(H,25,28). The van der Waals surface area contributed by atoms with Gasteiger partial charge in [-0.25, -0.2) is 8.42 Å². The van der Waals surface area contributed by atoms with Crippen LogP contribution in [0.3, 0.4) is 0 Å². The molecule has 2 aromatic carbocycles. The van der Waals surface area contributed by atoms with Gasteiger partial charge >= 0.3 is 0 Å². The van der Waals surface area contributed by atoms with E-state index in [0.717, 1.165) is 22.2 Å². The maximum absolute atomic E-state index is 13.0. The van der Waals surface area contributed by atoms with Gasteiger partial charge in [-0.15, -0.1) is 0 Å². The number of piperidine rings is 1. The van der Waals surface area contributed by atoms with Crippen molar-refractivity contribution in [1.29, 1.82) is 0 Å². The molecule has 1 aliphatic heterocycles. The summed E-state index contributed by atoms with van der Waals surface area (Å²) in [5.74, 6) is 0.160. The van der Waals surface area contributed by atoms with Crippen LogP contribution in [0.2, 0.25) is 0 Å². The van der Waals surface area contributed by atoms with Gasteiger partial charge in [0.05, 0.1) is 16.2 Å². The lowest BCUT2D eigenvalue weighted by Gasteiger charge is -2.31. The fraction of sp³-hybridized carbons (Fsp3) is 0.208. The van der Waals surface area contributed by atoms with Crippen LogP contribution in [0, 0.1) is 0 Å². The molecule has 158 valence electrons. The summed E-state index contributed by atoms with van der Waals surface area (Å²) < 4.78 is 27.6. The fourth-order valence-electron chi connectivity index (χ4n) is 4.54. The van der Waals surface area contributed by atoms with E-state index < -0.39 is 10.0 Å². The van der Waals surface area contributed by atoms with E-state index in [1.165, 1.54) is 0 Å². The van der Waals surface area contributed by atoms with Crippen LogP contribution in [-0.4, -0.2) is 35.8 Å². The summed E-state index contributed by atoms with van der Waals surface area (Å²) >= 11 is 0. The zero-order chi connectivity index (χ0) is 21.4. The number of hydrogen-bond donors (Lipinski definition) is 2. The molecule has 5 rings (SSSR count). The van der Waals surface area contributed by atoms with E-state index in [9.17, 15) is 13.2 Å². The molecule has 4 aromatic rings. The molecule has 3 heterocycles. The molecule has 0 radical (unpaired) electrons. The van der Waals surface area contributed by atoms with Gasteiger partial charge in [0.15, 0.2) is 0 Å². The molecule has 0 amide bonds. The highest BCUT2D eigenvalue weighted by Gasteiger charge is 2.32. The van der Waals surface area contributed by atoms with Crippen molar-refractivity contribution in [2.45, 2.75) is 23.7 Å². The number of H-pyrrole nitrogens is 2. The predicted octanol–water partition coefficient (Wildman–Crippen LogP) is 4.09. The van der Waals surface area contributed by atoms with Crippen LogP contribution >= 0.6 is 0 Å². The quantitative estimate of drug-likeness (QED) is 0.508. The van der Waals surface area contributed by atoms with Gasteiger partial charge in [0.2, 0.25) is 10.0 Å². The van der Waals surface area contributed by atoms with Crippen molar-refractivity contribution >= 4 is 20.9 Å². The average molecular weight is 434 g/mol. The third-order valence-corrected chi connectivity index (χ3v) is 7.99. The Kier molecular flexibility index (Phi) is 5.00. The molecule has 2 N–H and O–H groups in total. The van der Waals surface area contributed by atoms with E-state index in [0.29, 0.717) is 36.4 Å². The van der Waals surface area contributed by atoms with Gasteiger partial charge in [-0.2, -0.15) is 4.31 Å². The normalized spacial score (nSPS) is 16.0. The molecule has 1 saturated heterocycles. The van der Waals surface area contributed by atoms with Crippen LogP contribution in [0.5, 0.6) is 0 Å². The van der Waals surface area contributed by atoms with Crippen molar-refractivity contribution in [3.05, 3.63) is 88.8 Å². The average Bonchev–Trinajstić information content (AvgIpc) is 3.19. The molecule has 31 heavy (non-hydrogen) atoms. The first-order chi connectivity index (χ1) is 15.1. The second kappa shape index (κ2) is 7.83. The van der Waals surface area contributed by atoms with Crippen LogP contribution in [0.4, 0.5) is 0 Å². The molecule has 6 nitrogen and oxygen atoms in total. The Hall–Kier alpha value is -3.16. The first-order valence-corrected chi connectivity index (χ1v) is 11.8. The number of para-hydroxylation sites is 1. The summed E-state index contributed by atoms with van der Waals surface area (Å²) in [4.78, 5) is 19.0. The second-order valence-corrected chi connectivity index (χ2v) is 9.80. The molecule has 0 bridgehead atoms. The number of pyridine rings is 1. The third kappa shape index (κ3) is 3.49. The second-order valence-electron chi connectivity index (χ2n) is 7.86. The van der Waals surface area contributed by atoms with E-state index in [4.69, 9.17) is 0 Å². The van der Waals surface area contributed by atoms with E-state index in [1.54, 1.807) is 34.8 Å². The Labute approximate surface area is 180 Å². The summed E-state index contributed by atoms with van der Waals surface area (Å²) in [6.45, 7) is 0.901. The smallest absolute Gasteiger partial charge is 0.257 e. The van der Waals surface area contributed by atoms with Crippen molar-refractivity contribution in [2.75, 3.05) is 13.1 Å². The van der Waals surface area contributed by atoms with Gasteiger partial charge in [0.25, 0.3) is 5.56 Å². The van der Waals surface area contributed by atoms with Crippen molar-refractivity contribution in [3.8, 4) is 11.3 Å². The third-order valence-electron chi connectivity index (χ3n) is 6.08. The molecular weight excluding hydrogens is 410 g/mol. The lowest BCUT2D eigenvalue weighted by atomic mass is 9.87. The van der Waals surface area contributed by atoms with Crippen LogP contribution in [0.1, 0.15) is 24.3 Å². The van der Waals surface area contributed by atoms with E-state index in [2.05, 4.69) is 16.0 Å². The Morgan fingerprint density at radius 3 is 2.32 bits per heavy atom. The van der Waals surface area contributed by atoms with Crippen molar-refractivity contribution in [1.82, 2.24) is 14.3 Å². The van der Waals surface area contributed by atoms with E-state index in [1.807, 2.05) is 36.4 Å². The van der Waals surface area contributed by atoms with Crippen molar-refractivity contribution < 1.29 is 8.42 Å². The first-order valence-electron chi connectivity index (χ1n) is 10.4. The number of rotatable bonds is 4. The summed E-state index contributed by atoms with van der Waals surface area (Å²) in [7, 11) is -3.50. The molecule has 0 unspecified atom stereocenters. The van der Waals surface area contributed by atoms with Crippen LogP contribution in [-0.2, 0) is 10.0 Å². The molecule has 7 heteroatoms. The number of aromatic nitrogens is 2. The highest BCUT2D eigenvalue weighted by molar-refractivity contribution is 7.89. The monoisotopic (exact) mass is 433 g/mol. The van der Waals surface area contributed by atoms with Gasteiger partial charge in [-0.05, 0) is 54.7 Å². The number of sulfonamides is 1. The molecular formula is C24H23N3O3S. The molecule has 2 aromatic heterocycles. The molecule has 0 spiro atoms. The fourth-order valence-corrected chi connectivity index (χ4v) is 6.04. The Bertz CT molecular complexity index is 1380. The van der Waals surface area contributed by atoms with Gasteiger partial charge in [0.1, 0.15) is 0 Å². The van der Waals surface area contributed by atoms with E-state index >= 15 is 0 Å². The van der Waals surface area contributed by atoms with Crippen LogP contribution in [0.25, 0.3) is 22.2 Å². The minimum Gasteiger partial charge on any atom is -0.354 e. The maximum Gasteiger partial charge on any atom is 0.257 e. The molecule has 0 aliphatic carbocycles. The van der Waals surface area contributed by atoms with Crippen LogP contribution in [0.15, 0.2) is 82.6 Å². The highest BCUT2D eigenvalue weighted by atomic mass is 32.2. The molecule has 0 saturated carbocycles. The SMILES string of the molecule is O=c1[nH]cccc1-c1[nH]c2ccccc2c1C1CCN(S(=O)(=O)c2ccccc2)CC1. The zero-order valence-electron chi connectivity index (χ0n) is 16.9. The summed E-state index contributed by atoms with van der Waals surface area (Å²) in [6.07, 6.45) is 3.03. The zero-order valence-corrected chi connectivity index (χ0v) is 17.7. The van der Waals surface area contributed by atoms with Crippen LogP contribution < -0.4 is 5.56 Å².